The summed E-state index contributed by atoms with van der Waals surface area (Å²) in [5.41, 5.74) is 2.80. The zero-order valence-corrected chi connectivity index (χ0v) is 13.3. The molecule has 1 aliphatic carbocycles. The molecular weight excluding hydrogens is 258 g/mol. The van der Waals surface area contributed by atoms with Crippen molar-refractivity contribution in [3.05, 3.63) is 35.9 Å². The van der Waals surface area contributed by atoms with E-state index in [1.807, 2.05) is 0 Å². The van der Waals surface area contributed by atoms with Gasteiger partial charge in [0.05, 0.1) is 6.10 Å². The largest absolute Gasteiger partial charge is 0.490 e. The molecule has 0 radical (unpaired) electrons. The first-order valence-electron chi connectivity index (χ1n) is 8.37. The SMILES string of the molecule is CC1CC(C)CC(Oc2ccc(C3=CCNCC3)cc2)C1. The Labute approximate surface area is 128 Å². The monoisotopic (exact) mass is 285 g/mol. The zero-order valence-electron chi connectivity index (χ0n) is 13.3. The highest BCUT2D eigenvalue weighted by atomic mass is 16.5. The van der Waals surface area contributed by atoms with E-state index in [-0.39, 0.29) is 0 Å². The van der Waals surface area contributed by atoms with Crippen molar-refractivity contribution in [2.45, 2.75) is 45.6 Å². The second kappa shape index (κ2) is 6.65. The molecule has 2 unspecified atom stereocenters. The quantitative estimate of drug-likeness (QED) is 0.895. The molecule has 0 spiro atoms. The zero-order chi connectivity index (χ0) is 14.7. The van der Waals surface area contributed by atoms with Crippen LogP contribution in [0.4, 0.5) is 0 Å². The topological polar surface area (TPSA) is 21.3 Å². The van der Waals surface area contributed by atoms with Crippen LogP contribution in [0.3, 0.4) is 0 Å². The first-order valence-corrected chi connectivity index (χ1v) is 8.37. The summed E-state index contributed by atoms with van der Waals surface area (Å²) in [6.07, 6.45) is 7.56. The second-order valence-electron chi connectivity index (χ2n) is 6.87. The fourth-order valence-corrected chi connectivity index (χ4v) is 3.79. The van der Waals surface area contributed by atoms with Crippen molar-refractivity contribution in [1.82, 2.24) is 5.32 Å². The van der Waals surface area contributed by atoms with E-state index < -0.39 is 0 Å². The van der Waals surface area contributed by atoms with Crippen LogP contribution in [0.5, 0.6) is 5.75 Å². The van der Waals surface area contributed by atoms with Gasteiger partial charge < -0.3 is 10.1 Å². The molecule has 0 amide bonds. The third kappa shape index (κ3) is 3.88. The molecule has 1 fully saturated rings. The Balaban J connectivity index is 1.63. The van der Waals surface area contributed by atoms with E-state index in [9.17, 15) is 0 Å². The smallest absolute Gasteiger partial charge is 0.119 e. The van der Waals surface area contributed by atoms with Crippen LogP contribution in [-0.2, 0) is 0 Å². The van der Waals surface area contributed by atoms with Crippen LogP contribution in [0.1, 0.15) is 45.1 Å². The third-order valence-corrected chi connectivity index (χ3v) is 4.73. The molecule has 3 rings (SSSR count). The lowest BCUT2D eigenvalue weighted by molar-refractivity contribution is 0.101. The van der Waals surface area contributed by atoms with Gasteiger partial charge in [0.2, 0.25) is 0 Å². The number of benzene rings is 1. The lowest BCUT2D eigenvalue weighted by Gasteiger charge is -2.31. The first-order chi connectivity index (χ1) is 10.2. The molecule has 1 aliphatic heterocycles. The molecule has 1 heterocycles. The van der Waals surface area contributed by atoms with Gasteiger partial charge in [0.25, 0.3) is 0 Å². The van der Waals surface area contributed by atoms with E-state index in [1.54, 1.807) is 0 Å². The summed E-state index contributed by atoms with van der Waals surface area (Å²) in [6.45, 7) is 6.77. The van der Waals surface area contributed by atoms with E-state index in [4.69, 9.17) is 4.74 Å². The van der Waals surface area contributed by atoms with Crippen LogP contribution in [0.15, 0.2) is 30.3 Å². The molecule has 2 aliphatic rings. The summed E-state index contributed by atoms with van der Waals surface area (Å²) < 4.78 is 6.21. The number of hydrogen-bond donors (Lipinski definition) is 1. The van der Waals surface area contributed by atoms with Crippen molar-refractivity contribution >= 4 is 5.57 Å². The van der Waals surface area contributed by atoms with Crippen molar-refractivity contribution in [1.29, 1.82) is 0 Å². The highest BCUT2D eigenvalue weighted by Crippen LogP contribution is 2.31. The Hall–Kier alpha value is -1.28. The number of hydrogen-bond acceptors (Lipinski definition) is 2. The maximum Gasteiger partial charge on any atom is 0.119 e. The lowest BCUT2D eigenvalue weighted by Crippen LogP contribution is -2.28. The van der Waals surface area contributed by atoms with Crippen molar-refractivity contribution < 1.29 is 4.74 Å². The highest BCUT2D eigenvalue weighted by Gasteiger charge is 2.25. The van der Waals surface area contributed by atoms with Crippen LogP contribution < -0.4 is 10.1 Å². The molecule has 0 aromatic heterocycles. The number of nitrogens with one attached hydrogen (secondary N) is 1. The Kier molecular flexibility index (Phi) is 4.64. The summed E-state index contributed by atoms with van der Waals surface area (Å²) in [6, 6.07) is 8.70. The van der Waals surface area contributed by atoms with Crippen molar-refractivity contribution in [2.75, 3.05) is 13.1 Å². The minimum absolute atomic E-state index is 0.396. The van der Waals surface area contributed by atoms with E-state index in [1.165, 1.54) is 30.4 Å². The van der Waals surface area contributed by atoms with Gasteiger partial charge >= 0.3 is 0 Å². The average molecular weight is 285 g/mol. The second-order valence-corrected chi connectivity index (χ2v) is 6.87. The van der Waals surface area contributed by atoms with Crippen LogP contribution in [-0.4, -0.2) is 19.2 Å². The molecule has 2 nitrogen and oxygen atoms in total. The average Bonchev–Trinajstić information content (AvgIpc) is 2.48. The molecule has 21 heavy (non-hydrogen) atoms. The Bertz CT molecular complexity index is 481. The maximum atomic E-state index is 6.21. The Morgan fingerprint density at radius 1 is 1.00 bits per heavy atom. The van der Waals surface area contributed by atoms with Crippen LogP contribution in [0.2, 0.25) is 0 Å². The predicted molar refractivity (Wildman–Crippen MR) is 88.5 cm³/mol. The minimum atomic E-state index is 0.396. The van der Waals surface area contributed by atoms with E-state index >= 15 is 0 Å². The van der Waals surface area contributed by atoms with E-state index in [0.29, 0.717) is 6.10 Å². The number of ether oxygens (including phenoxy) is 1. The van der Waals surface area contributed by atoms with Crippen LogP contribution >= 0.6 is 0 Å². The van der Waals surface area contributed by atoms with Gasteiger partial charge in [-0.2, -0.15) is 0 Å². The Morgan fingerprint density at radius 2 is 1.71 bits per heavy atom. The van der Waals surface area contributed by atoms with Gasteiger partial charge in [-0.1, -0.05) is 32.1 Å². The van der Waals surface area contributed by atoms with Gasteiger partial charge in [-0.3, -0.25) is 0 Å². The molecular formula is C19H27NO. The standard InChI is InChI=1S/C19H27NO/c1-14-11-15(2)13-19(12-14)21-18-5-3-16(4-6-18)17-7-9-20-10-8-17/h3-7,14-15,19-20H,8-13H2,1-2H3. The molecule has 1 aromatic carbocycles. The maximum absolute atomic E-state index is 6.21. The summed E-state index contributed by atoms with van der Waals surface area (Å²) in [4.78, 5) is 0. The van der Waals surface area contributed by atoms with Gasteiger partial charge in [0.15, 0.2) is 0 Å². The van der Waals surface area contributed by atoms with Gasteiger partial charge in [-0.15, -0.1) is 0 Å². The summed E-state index contributed by atoms with van der Waals surface area (Å²) in [7, 11) is 0. The molecule has 2 atom stereocenters. The van der Waals surface area contributed by atoms with Crippen molar-refractivity contribution in [2.24, 2.45) is 11.8 Å². The van der Waals surface area contributed by atoms with Crippen molar-refractivity contribution in [3.8, 4) is 5.75 Å². The Morgan fingerprint density at radius 3 is 2.33 bits per heavy atom. The van der Waals surface area contributed by atoms with Crippen LogP contribution in [0.25, 0.3) is 5.57 Å². The van der Waals surface area contributed by atoms with Gasteiger partial charge in [-0.05, 0) is 67.3 Å². The molecule has 1 aromatic rings. The fourth-order valence-electron chi connectivity index (χ4n) is 3.79. The summed E-state index contributed by atoms with van der Waals surface area (Å²) in [5.74, 6) is 2.61. The summed E-state index contributed by atoms with van der Waals surface area (Å²) in [5, 5.41) is 3.36. The van der Waals surface area contributed by atoms with Gasteiger partial charge in [-0.25, -0.2) is 0 Å². The molecule has 1 N–H and O–H groups in total. The predicted octanol–water partition coefficient (Wildman–Crippen LogP) is 4.27. The van der Waals surface area contributed by atoms with Gasteiger partial charge in [0.1, 0.15) is 5.75 Å². The third-order valence-electron chi connectivity index (χ3n) is 4.73. The first kappa shape index (κ1) is 14.6. The summed E-state index contributed by atoms with van der Waals surface area (Å²) >= 11 is 0. The lowest BCUT2D eigenvalue weighted by atomic mass is 9.82. The van der Waals surface area contributed by atoms with Crippen molar-refractivity contribution in [3.63, 3.8) is 0 Å². The van der Waals surface area contributed by atoms with E-state index in [2.05, 4.69) is 49.5 Å². The normalized spacial score (nSPS) is 29.8. The minimum Gasteiger partial charge on any atom is -0.490 e. The molecule has 0 saturated heterocycles. The molecule has 1 saturated carbocycles. The molecule has 2 heteroatoms. The number of rotatable bonds is 3. The van der Waals surface area contributed by atoms with Crippen LogP contribution in [0, 0.1) is 11.8 Å². The van der Waals surface area contributed by atoms with Gasteiger partial charge in [0, 0.05) is 6.54 Å². The molecule has 0 bridgehead atoms. The van der Waals surface area contributed by atoms with E-state index in [0.717, 1.165) is 37.1 Å². The fraction of sp³-hybridized carbons (Fsp3) is 0.579. The highest BCUT2D eigenvalue weighted by molar-refractivity contribution is 5.67. The molecule has 114 valence electrons.